The molecule has 0 unspecified atom stereocenters. The highest BCUT2D eigenvalue weighted by Crippen LogP contribution is 2.05. The van der Waals surface area contributed by atoms with E-state index < -0.39 is 0 Å². The highest BCUT2D eigenvalue weighted by Gasteiger charge is 2.00. The Morgan fingerprint density at radius 2 is 1.47 bits per heavy atom. The largest absolute Gasteiger partial charge is 0.205 e. The molecule has 0 saturated heterocycles. The van der Waals surface area contributed by atoms with Gasteiger partial charge in [0.2, 0.25) is 0 Å². The molecule has 96 valence electrons. The molecule has 0 radical (unpaired) electrons. The van der Waals surface area contributed by atoms with Crippen LogP contribution in [0.15, 0.2) is 24.5 Å². The molecule has 0 aliphatic heterocycles. The molecule has 1 heterocycles. The van der Waals surface area contributed by atoms with Crippen LogP contribution in [-0.2, 0) is 13.0 Å². The summed E-state index contributed by atoms with van der Waals surface area (Å²) in [6.45, 7) is 5.68. The zero-order valence-corrected chi connectivity index (χ0v) is 11.6. The van der Waals surface area contributed by atoms with E-state index in [0.29, 0.717) is 0 Å². The maximum absolute atomic E-state index is 2.32. The molecular weight excluding hydrogens is 206 g/mol. The van der Waals surface area contributed by atoms with Crippen LogP contribution in [0.4, 0.5) is 0 Å². The van der Waals surface area contributed by atoms with E-state index in [-0.39, 0.29) is 0 Å². The van der Waals surface area contributed by atoms with Gasteiger partial charge >= 0.3 is 0 Å². The molecule has 1 heteroatoms. The van der Waals surface area contributed by atoms with Gasteiger partial charge in [-0.3, -0.25) is 0 Å². The van der Waals surface area contributed by atoms with E-state index in [9.17, 15) is 0 Å². The molecule has 1 aromatic rings. The van der Waals surface area contributed by atoms with Gasteiger partial charge in [-0.15, -0.1) is 0 Å². The van der Waals surface area contributed by atoms with E-state index in [1.54, 1.807) is 0 Å². The van der Waals surface area contributed by atoms with Crippen molar-refractivity contribution in [2.75, 3.05) is 0 Å². The predicted octanol–water partition coefficient (Wildman–Crippen LogP) is 4.29. The molecule has 0 fully saturated rings. The first kappa shape index (κ1) is 14.2. The van der Waals surface area contributed by atoms with Crippen LogP contribution in [0.3, 0.4) is 0 Å². The molecule has 0 atom stereocenters. The van der Waals surface area contributed by atoms with Crippen LogP contribution in [0.1, 0.15) is 64.4 Å². The number of unbranched alkanes of at least 4 members (excludes halogenated alkanes) is 5. The van der Waals surface area contributed by atoms with E-state index >= 15 is 0 Å². The van der Waals surface area contributed by atoms with E-state index in [4.69, 9.17) is 0 Å². The minimum absolute atomic E-state index is 1.18. The molecule has 17 heavy (non-hydrogen) atoms. The summed E-state index contributed by atoms with van der Waals surface area (Å²) in [7, 11) is 0. The molecule has 0 aliphatic carbocycles. The second-order valence-corrected chi connectivity index (χ2v) is 4.96. The molecule has 0 N–H and O–H groups in total. The summed E-state index contributed by atoms with van der Waals surface area (Å²) >= 11 is 0. The first-order chi connectivity index (χ1) is 8.36. The summed E-state index contributed by atoms with van der Waals surface area (Å²) in [5, 5.41) is 0. The lowest BCUT2D eigenvalue weighted by Gasteiger charge is -2.00. The Morgan fingerprint density at radius 1 is 0.824 bits per heavy atom. The van der Waals surface area contributed by atoms with Crippen molar-refractivity contribution < 1.29 is 4.57 Å². The Labute approximate surface area is 107 Å². The van der Waals surface area contributed by atoms with Crippen LogP contribution >= 0.6 is 0 Å². The fourth-order valence-corrected chi connectivity index (χ4v) is 2.17. The van der Waals surface area contributed by atoms with Crippen LogP contribution in [0.5, 0.6) is 0 Å². The van der Waals surface area contributed by atoms with Gasteiger partial charge in [-0.25, -0.2) is 4.57 Å². The molecule has 0 saturated carbocycles. The van der Waals surface area contributed by atoms with Crippen molar-refractivity contribution in [3.05, 3.63) is 30.1 Å². The second-order valence-electron chi connectivity index (χ2n) is 4.96. The van der Waals surface area contributed by atoms with Crippen molar-refractivity contribution in [2.24, 2.45) is 0 Å². The van der Waals surface area contributed by atoms with Gasteiger partial charge in [0.15, 0.2) is 12.4 Å². The number of nitrogens with zero attached hydrogens (tertiary/aromatic N) is 1. The highest BCUT2D eigenvalue weighted by atomic mass is 14.9. The number of aryl methyl sites for hydroxylation is 2. The summed E-state index contributed by atoms with van der Waals surface area (Å²) in [4.78, 5) is 0. The van der Waals surface area contributed by atoms with Gasteiger partial charge in [-0.1, -0.05) is 46.0 Å². The van der Waals surface area contributed by atoms with Crippen LogP contribution in [0, 0.1) is 0 Å². The summed E-state index contributed by atoms with van der Waals surface area (Å²) in [5.41, 5.74) is 1.46. The van der Waals surface area contributed by atoms with E-state index in [0.717, 1.165) is 0 Å². The van der Waals surface area contributed by atoms with Crippen molar-refractivity contribution in [3.8, 4) is 0 Å². The van der Waals surface area contributed by atoms with Crippen molar-refractivity contribution in [2.45, 2.75) is 71.8 Å². The first-order valence-corrected chi connectivity index (χ1v) is 7.34. The van der Waals surface area contributed by atoms with E-state index in [1.807, 2.05) is 0 Å². The maximum atomic E-state index is 2.32. The number of aromatic nitrogens is 1. The summed E-state index contributed by atoms with van der Waals surface area (Å²) < 4.78 is 2.32. The molecular formula is C16H28N+. The molecule has 1 nitrogen and oxygen atoms in total. The second kappa shape index (κ2) is 9.21. The number of hydrogen-bond donors (Lipinski definition) is 0. The Bertz CT molecular complexity index is 276. The van der Waals surface area contributed by atoms with Gasteiger partial charge in [-0.05, 0) is 18.4 Å². The van der Waals surface area contributed by atoms with Crippen molar-refractivity contribution in [1.82, 2.24) is 0 Å². The maximum Gasteiger partial charge on any atom is 0.169 e. The van der Waals surface area contributed by atoms with Gasteiger partial charge in [-0.2, -0.15) is 0 Å². The quantitative estimate of drug-likeness (QED) is 0.443. The third kappa shape index (κ3) is 6.45. The minimum Gasteiger partial charge on any atom is -0.205 e. The molecule has 1 aromatic heterocycles. The van der Waals surface area contributed by atoms with Crippen LogP contribution in [0.2, 0.25) is 0 Å². The lowest BCUT2D eigenvalue weighted by atomic mass is 10.1. The number of hydrogen-bond acceptors (Lipinski definition) is 0. The molecule has 0 aliphatic rings. The summed E-state index contributed by atoms with van der Waals surface area (Å²) in [5.74, 6) is 0. The van der Waals surface area contributed by atoms with Gasteiger partial charge in [0.25, 0.3) is 0 Å². The Hall–Kier alpha value is -0.850. The Morgan fingerprint density at radius 3 is 2.12 bits per heavy atom. The summed E-state index contributed by atoms with van der Waals surface area (Å²) in [6, 6.07) is 4.53. The average Bonchev–Trinajstić information content (AvgIpc) is 2.36. The molecule has 0 spiro atoms. The first-order valence-electron chi connectivity index (χ1n) is 7.34. The third-order valence-corrected chi connectivity index (χ3v) is 3.27. The molecule has 1 rings (SSSR count). The van der Waals surface area contributed by atoms with Crippen molar-refractivity contribution in [1.29, 1.82) is 0 Å². The van der Waals surface area contributed by atoms with Crippen LogP contribution in [0.25, 0.3) is 0 Å². The normalized spacial score (nSPS) is 10.7. The third-order valence-electron chi connectivity index (χ3n) is 3.27. The fourth-order valence-electron chi connectivity index (χ4n) is 2.17. The molecule has 0 aromatic carbocycles. The minimum atomic E-state index is 1.18. The van der Waals surface area contributed by atoms with Crippen LogP contribution in [-0.4, -0.2) is 0 Å². The monoisotopic (exact) mass is 234 g/mol. The van der Waals surface area contributed by atoms with E-state index in [1.165, 1.54) is 63.5 Å². The topological polar surface area (TPSA) is 3.88 Å². The summed E-state index contributed by atoms with van der Waals surface area (Å²) in [6.07, 6.45) is 15.2. The van der Waals surface area contributed by atoms with Crippen molar-refractivity contribution >= 4 is 0 Å². The zero-order chi connectivity index (χ0) is 12.3. The van der Waals surface area contributed by atoms with Crippen molar-refractivity contribution in [3.63, 3.8) is 0 Å². The number of pyridine rings is 1. The zero-order valence-electron chi connectivity index (χ0n) is 11.6. The smallest absolute Gasteiger partial charge is 0.169 e. The van der Waals surface area contributed by atoms with Crippen LogP contribution < -0.4 is 4.57 Å². The van der Waals surface area contributed by atoms with E-state index in [2.05, 4.69) is 42.9 Å². The molecule has 0 bridgehead atoms. The fraction of sp³-hybridized carbons (Fsp3) is 0.688. The predicted molar refractivity (Wildman–Crippen MR) is 74.0 cm³/mol. The SMILES string of the molecule is CCCCCCCC[n+]1ccc(CCC)cc1. The average molecular weight is 234 g/mol. The highest BCUT2D eigenvalue weighted by molar-refractivity contribution is 5.06. The van der Waals surface area contributed by atoms with Gasteiger partial charge in [0, 0.05) is 18.6 Å². The standard InChI is InChI=1S/C16H28N/c1-3-5-6-7-8-9-13-17-14-11-16(10-4-2)12-15-17/h11-12,14-15H,3-10,13H2,1-2H3/q+1. The molecule has 0 amide bonds. The number of rotatable bonds is 9. The van der Waals surface area contributed by atoms with Gasteiger partial charge < -0.3 is 0 Å². The lowest BCUT2D eigenvalue weighted by molar-refractivity contribution is -0.697. The van der Waals surface area contributed by atoms with Gasteiger partial charge in [0.1, 0.15) is 6.54 Å². The van der Waals surface area contributed by atoms with Gasteiger partial charge in [0.05, 0.1) is 0 Å². The Kier molecular flexibility index (Phi) is 7.70. The lowest BCUT2D eigenvalue weighted by Crippen LogP contribution is -2.32. The Balaban J connectivity index is 2.14.